The van der Waals surface area contributed by atoms with Gasteiger partial charge in [0, 0.05) is 24.8 Å². The van der Waals surface area contributed by atoms with Crippen molar-refractivity contribution < 1.29 is 14.0 Å². The van der Waals surface area contributed by atoms with Crippen LogP contribution in [0.2, 0.25) is 0 Å². The molecule has 1 aliphatic rings. The van der Waals surface area contributed by atoms with Crippen molar-refractivity contribution in [3.05, 3.63) is 40.5 Å². The van der Waals surface area contributed by atoms with Gasteiger partial charge in [0.1, 0.15) is 10.5 Å². The highest BCUT2D eigenvalue weighted by Crippen LogP contribution is 2.28. The molecule has 3 N–H and O–H groups in total. The molecule has 34 heavy (non-hydrogen) atoms. The Kier molecular flexibility index (Phi) is 6.34. The van der Waals surface area contributed by atoms with Gasteiger partial charge in [0.25, 0.3) is 5.91 Å². The average molecular weight is 487 g/mol. The maximum Gasteiger partial charge on any atom is 0.315 e. The number of halogens is 1. The van der Waals surface area contributed by atoms with Gasteiger partial charge in [-0.05, 0) is 46.2 Å². The molecule has 3 amide bonds. The summed E-state index contributed by atoms with van der Waals surface area (Å²) in [4.78, 5) is 44.2. The third-order valence-corrected chi connectivity index (χ3v) is 6.09. The molecule has 10 nitrogen and oxygen atoms in total. The first kappa shape index (κ1) is 23.7. The van der Waals surface area contributed by atoms with Crippen LogP contribution in [0.15, 0.2) is 18.5 Å². The second kappa shape index (κ2) is 9.09. The molecule has 0 bridgehead atoms. The first-order valence-electron chi connectivity index (χ1n) is 10.9. The summed E-state index contributed by atoms with van der Waals surface area (Å²) < 4.78 is 14.2. The fourth-order valence-electron chi connectivity index (χ4n) is 3.53. The topological polar surface area (TPSA) is 125 Å². The van der Waals surface area contributed by atoms with Crippen molar-refractivity contribution >= 4 is 39.6 Å². The maximum atomic E-state index is 13.6. The minimum absolute atomic E-state index is 0.134. The van der Waals surface area contributed by atoms with Gasteiger partial charge in [-0.3, -0.25) is 9.78 Å². The number of hydrogen-bond donors (Lipinski definition) is 3. The molecule has 3 aromatic heterocycles. The first-order chi connectivity index (χ1) is 16.0. The smallest absolute Gasteiger partial charge is 0.315 e. The van der Waals surface area contributed by atoms with E-state index in [1.807, 2.05) is 34.6 Å². The molecule has 180 valence electrons. The summed E-state index contributed by atoms with van der Waals surface area (Å²) in [5.74, 6) is -0.475. The van der Waals surface area contributed by atoms with E-state index in [9.17, 15) is 14.0 Å². The second-order valence-electron chi connectivity index (χ2n) is 9.34. The lowest BCUT2D eigenvalue weighted by molar-refractivity contribution is 0.0572. The van der Waals surface area contributed by atoms with Gasteiger partial charge in [-0.2, -0.15) is 4.98 Å². The van der Waals surface area contributed by atoms with E-state index in [1.165, 1.54) is 17.4 Å². The highest BCUT2D eigenvalue weighted by Gasteiger charge is 2.35. The van der Waals surface area contributed by atoms with Crippen molar-refractivity contribution in [2.24, 2.45) is 0 Å². The molecule has 1 fully saturated rings. The third-order valence-electron chi connectivity index (χ3n) is 5.13. The Labute approximate surface area is 200 Å². The van der Waals surface area contributed by atoms with E-state index in [-0.39, 0.29) is 41.2 Å². The number of aryl methyl sites for hydroxylation is 1. The Balaban J connectivity index is 1.50. The van der Waals surface area contributed by atoms with Crippen LogP contribution in [0.25, 0.3) is 10.3 Å². The second-order valence-corrected chi connectivity index (χ2v) is 10.5. The van der Waals surface area contributed by atoms with E-state index in [0.29, 0.717) is 29.0 Å². The Morgan fingerprint density at radius 3 is 2.62 bits per heavy atom. The van der Waals surface area contributed by atoms with Gasteiger partial charge in [-0.15, -0.1) is 11.3 Å². The lowest BCUT2D eigenvalue weighted by atomic mass is 10.1. The van der Waals surface area contributed by atoms with E-state index < -0.39 is 5.82 Å². The quantitative estimate of drug-likeness (QED) is 0.506. The van der Waals surface area contributed by atoms with Crippen LogP contribution in [-0.2, 0) is 0 Å². The highest BCUT2D eigenvalue weighted by molar-refractivity contribution is 7.18. The zero-order chi connectivity index (χ0) is 24.6. The first-order valence-corrected chi connectivity index (χ1v) is 11.7. The Hall–Kier alpha value is -3.41. The summed E-state index contributed by atoms with van der Waals surface area (Å²) in [5.41, 5.74) is 0.950. The van der Waals surface area contributed by atoms with E-state index >= 15 is 0 Å². The number of nitrogens with one attached hydrogen (secondary N) is 3. The van der Waals surface area contributed by atoms with Gasteiger partial charge < -0.3 is 20.9 Å². The number of aromatic nitrogens is 4. The van der Waals surface area contributed by atoms with Crippen molar-refractivity contribution in [1.82, 2.24) is 35.5 Å². The summed E-state index contributed by atoms with van der Waals surface area (Å²) in [7, 11) is 0. The van der Waals surface area contributed by atoms with E-state index in [1.54, 1.807) is 11.1 Å². The summed E-state index contributed by atoms with van der Waals surface area (Å²) in [6.07, 6.45) is 2.69. The number of amides is 3. The molecule has 1 aliphatic heterocycles. The standard InChI is InChI=1S/C22H27FN8O2S/c1-11(13-6-14(23)8-24-7-13)25-20-28-16(17-18(29-20)26-12(2)34-17)19(32)31-9-15(10-31)27-21(33)30-22(3,4)5/h6-8,11,15H,9-10H2,1-5H3,(H,25,28,29)(H2,27,30,33)/t11-/m0/s1. The zero-order valence-electron chi connectivity index (χ0n) is 19.6. The number of thiazole rings is 1. The van der Waals surface area contributed by atoms with Crippen LogP contribution in [-0.4, -0.2) is 61.4 Å². The normalized spacial score (nSPS) is 15.1. The number of rotatable bonds is 5. The SMILES string of the molecule is Cc1nc2nc(N[C@@H](C)c3cncc(F)c3)nc(C(=O)N3CC(NC(=O)NC(C)(C)C)C3)c2s1. The predicted octanol–water partition coefficient (Wildman–Crippen LogP) is 3.02. The number of fused-ring (bicyclic) bond motifs is 1. The highest BCUT2D eigenvalue weighted by atomic mass is 32.1. The molecule has 1 saturated heterocycles. The largest absolute Gasteiger partial charge is 0.348 e. The van der Waals surface area contributed by atoms with Crippen molar-refractivity contribution in [2.75, 3.05) is 18.4 Å². The fourth-order valence-corrected chi connectivity index (χ4v) is 4.37. The number of anilines is 1. The number of pyridine rings is 1. The average Bonchev–Trinajstić information content (AvgIpc) is 3.08. The summed E-state index contributed by atoms with van der Waals surface area (Å²) in [6, 6.07) is 0.636. The van der Waals surface area contributed by atoms with Crippen molar-refractivity contribution in [1.29, 1.82) is 0 Å². The number of hydrogen-bond acceptors (Lipinski definition) is 8. The van der Waals surface area contributed by atoms with Gasteiger partial charge >= 0.3 is 6.03 Å². The molecule has 0 saturated carbocycles. The van der Waals surface area contributed by atoms with Crippen molar-refractivity contribution in [2.45, 2.75) is 52.2 Å². The molecular formula is C22H27FN8O2S. The summed E-state index contributed by atoms with van der Waals surface area (Å²) in [5, 5.41) is 9.60. The third kappa shape index (κ3) is 5.38. The minimum atomic E-state index is -0.439. The van der Waals surface area contributed by atoms with Gasteiger partial charge in [0.15, 0.2) is 11.3 Å². The van der Waals surface area contributed by atoms with E-state index in [4.69, 9.17) is 0 Å². The number of urea groups is 1. The molecule has 0 aliphatic carbocycles. The molecule has 0 aromatic carbocycles. The molecule has 4 rings (SSSR count). The van der Waals surface area contributed by atoms with Gasteiger partial charge in [0.2, 0.25) is 5.95 Å². The van der Waals surface area contributed by atoms with Crippen LogP contribution < -0.4 is 16.0 Å². The Morgan fingerprint density at radius 2 is 1.94 bits per heavy atom. The van der Waals surface area contributed by atoms with Crippen LogP contribution in [0.1, 0.15) is 54.8 Å². The molecule has 0 unspecified atom stereocenters. The molecule has 1 atom stereocenters. The molecule has 12 heteroatoms. The molecule has 0 radical (unpaired) electrons. The Bertz CT molecular complexity index is 1240. The van der Waals surface area contributed by atoms with Gasteiger partial charge in [0.05, 0.1) is 23.3 Å². The van der Waals surface area contributed by atoms with Gasteiger partial charge in [-0.25, -0.2) is 19.2 Å². The molecule has 4 heterocycles. The maximum absolute atomic E-state index is 13.6. The summed E-state index contributed by atoms with van der Waals surface area (Å²) >= 11 is 1.35. The van der Waals surface area contributed by atoms with E-state index in [0.717, 1.165) is 11.2 Å². The fraction of sp³-hybridized carbons (Fsp3) is 0.455. The molecular weight excluding hydrogens is 459 g/mol. The molecule has 3 aromatic rings. The van der Waals surface area contributed by atoms with Crippen LogP contribution >= 0.6 is 11.3 Å². The van der Waals surface area contributed by atoms with Crippen molar-refractivity contribution in [3.63, 3.8) is 0 Å². The van der Waals surface area contributed by atoms with Gasteiger partial charge in [-0.1, -0.05) is 0 Å². The number of nitrogens with zero attached hydrogens (tertiary/aromatic N) is 5. The lowest BCUT2D eigenvalue weighted by Gasteiger charge is -2.39. The zero-order valence-corrected chi connectivity index (χ0v) is 20.5. The number of carbonyl (C=O) groups excluding carboxylic acids is 2. The van der Waals surface area contributed by atoms with Crippen LogP contribution in [0.3, 0.4) is 0 Å². The number of carbonyl (C=O) groups is 2. The van der Waals surface area contributed by atoms with Crippen LogP contribution in [0.4, 0.5) is 15.1 Å². The number of likely N-dealkylation sites (tertiary alicyclic amines) is 1. The van der Waals surface area contributed by atoms with E-state index in [2.05, 4.69) is 35.9 Å². The Morgan fingerprint density at radius 1 is 1.21 bits per heavy atom. The van der Waals surface area contributed by atoms with Crippen molar-refractivity contribution in [3.8, 4) is 0 Å². The minimum Gasteiger partial charge on any atom is -0.348 e. The predicted molar refractivity (Wildman–Crippen MR) is 127 cm³/mol. The molecule has 0 spiro atoms. The summed E-state index contributed by atoms with van der Waals surface area (Å²) in [6.45, 7) is 10.1. The van der Waals surface area contributed by atoms with Crippen LogP contribution in [0.5, 0.6) is 0 Å². The lowest BCUT2D eigenvalue weighted by Crippen LogP contribution is -2.63. The monoisotopic (exact) mass is 486 g/mol. The van der Waals surface area contributed by atoms with Crippen LogP contribution in [0, 0.1) is 12.7 Å².